The minimum absolute atomic E-state index is 0.0178. The summed E-state index contributed by atoms with van der Waals surface area (Å²) in [6.07, 6.45) is 21.1. The van der Waals surface area contributed by atoms with E-state index in [0.717, 1.165) is 51.4 Å². The van der Waals surface area contributed by atoms with Crippen LogP contribution >= 0.6 is 0 Å². The van der Waals surface area contributed by atoms with E-state index in [1.165, 1.54) is 64.2 Å². The molecule has 0 saturated heterocycles. The number of hydrogen-bond acceptors (Lipinski definition) is 4. The Balaban J connectivity index is 3.99. The average molecular weight is 525 g/mol. The van der Waals surface area contributed by atoms with Gasteiger partial charge in [0.15, 0.2) is 0 Å². The van der Waals surface area contributed by atoms with Crippen LogP contribution in [0.5, 0.6) is 0 Å². The summed E-state index contributed by atoms with van der Waals surface area (Å²) < 4.78 is 11.3. The molecule has 220 valence electrons. The van der Waals surface area contributed by atoms with E-state index in [4.69, 9.17) is 9.47 Å². The molecule has 0 radical (unpaired) electrons. The summed E-state index contributed by atoms with van der Waals surface area (Å²) >= 11 is 0. The van der Waals surface area contributed by atoms with Crippen LogP contribution in [-0.4, -0.2) is 25.2 Å². The van der Waals surface area contributed by atoms with Crippen molar-refractivity contribution in [1.82, 2.24) is 0 Å². The molecule has 4 unspecified atom stereocenters. The van der Waals surface area contributed by atoms with Gasteiger partial charge in [-0.05, 0) is 49.9 Å². The highest BCUT2D eigenvalue weighted by Crippen LogP contribution is 2.27. The van der Waals surface area contributed by atoms with Crippen LogP contribution in [0.4, 0.5) is 0 Å². The second-order valence-corrected chi connectivity index (χ2v) is 11.3. The molecule has 0 amide bonds. The Kier molecular flexibility index (Phi) is 24.5. The van der Waals surface area contributed by atoms with Gasteiger partial charge in [-0.25, -0.2) is 0 Å². The van der Waals surface area contributed by atoms with Gasteiger partial charge in [0.25, 0.3) is 0 Å². The summed E-state index contributed by atoms with van der Waals surface area (Å²) in [6.45, 7) is 14.4. The highest BCUT2D eigenvalue weighted by molar-refractivity contribution is 5.72. The number of carbonyl (C=O) groups is 2. The lowest BCUT2D eigenvalue weighted by Gasteiger charge is -2.25. The maximum absolute atomic E-state index is 12.8. The quantitative estimate of drug-likeness (QED) is 0.0834. The van der Waals surface area contributed by atoms with E-state index in [-0.39, 0.29) is 17.9 Å². The number of hydrogen-bond donors (Lipinski definition) is 0. The van der Waals surface area contributed by atoms with E-state index in [0.29, 0.717) is 37.4 Å². The van der Waals surface area contributed by atoms with Crippen LogP contribution in [0.2, 0.25) is 0 Å². The fourth-order valence-corrected chi connectivity index (χ4v) is 5.33. The third-order valence-corrected chi connectivity index (χ3v) is 8.32. The molecule has 0 N–H and O–H groups in total. The van der Waals surface area contributed by atoms with Crippen molar-refractivity contribution in [2.24, 2.45) is 23.7 Å². The summed E-state index contributed by atoms with van der Waals surface area (Å²) in [6, 6.07) is 0. The van der Waals surface area contributed by atoms with Gasteiger partial charge in [-0.3, -0.25) is 9.59 Å². The topological polar surface area (TPSA) is 52.6 Å². The Labute approximate surface area is 231 Å². The molecular weight excluding hydrogens is 460 g/mol. The maximum atomic E-state index is 12.8. The fourth-order valence-electron chi connectivity index (χ4n) is 5.33. The minimum atomic E-state index is -0.0178. The van der Waals surface area contributed by atoms with Gasteiger partial charge in [0.1, 0.15) is 0 Å². The Morgan fingerprint density at radius 1 is 0.541 bits per heavy atom. The largest absolute Gasteiger partial charge is 0.465 e. The average Bonchev–Trinajstić information content (AvgIpc) is 2.91. The van der Waals surface area contributed by atoms with Crippen molar-refractivity contribution in [2.45, 2.75) is 164 Å². The highest BCUT2D eigenvalue weighted by Gasteiger charge is 2.27. The Morgan fingerprint density at radius 2 is 1.05 bits per heavy atom. The first-order valence-electron chi connectivity index (χ1n) is 16.3. The Bertz CT molecular complexity index is 532. The van der Waals surface area contributed by atoms with E-state index in [9.17, 15) is 9.59 Å². The highest BCUT2D eigenvalue weighted by atomic mass is 16.5. The predicted molar refractivity (Wildman–Crippen MR) is 158 cm³/mol. The van der Waals surface area contributed by atoms with Crippen molar-refractivity contribution < 1.29 is 19.1 Å². The van der Waals surface area contributed by atoms with Gasteiger partial charge in [-0.15, -0.1) is 0 Å². The zero-order valence-corrected chi connectivity index (χ0v) is 25.8. The fraction of sp³-hybridized carbons (Fsp3) is 0.939. The second kappa shape index (κ2) is 25.2. The van der Waals surface area contributed by atoms with E-state index >= 15 is 0 Å². The smallest absolute Gasteiger partial charge is 0.309 e. The molecule has 0 aromatic heterocycles. The molecule has 4 atom stereocenters. The first-order valence-corrected chi connectivity index (χ1v) is 16.3. The molecular formula is C33H64O4. The summed E-state index contributed by atoms with van der Waals surface area (Å²) in [4.78, 5) is 24.8. The molecule has 4 heteroatoms. The lowest BCUT2D eigenvalue weighted by atomic mass is 9.84. The number of rotatable bonds is 26. The standard InChI is InChI=1S/C33H64O4/c1-7-13-22-28(9-3)26-36-32(34)25-21-19-17-15-16-18-20-24-30(11-5)31(12-6)33(35)37-27-29(10-4)23-14-8-2/h28-31H,7-27H2,1-6H3. The van der Waals surface area contributed by atoms with Crippen LogP contribution < -0.4 is 0 Å². The number of carbonyl (C=O) groups excluding carboxylic acids is 2. The normalized spacial score (nSPS) is 14.6. The molecule has 0 rings (SSSR count). The van der Waals surface area contributed by atoms with Crippen molar-refractivity contribution in [3.05, 3.63) is 0 Å². The monoisotopic (exact) mass is 524 g/mol. The molecule has 0 heterocycles. The van der Waals surface area contributed by atoms with E-state index in [2.05, 4.69) is 41.5 Å². The Hall–Kier alpha value is -1.06. The summed E-state index contributed by atoms with van der Waals surface area (Å²) in [5.74, 6) is 1.54. The minimum Gasteiger partial charge on any atom is -0.465 e. The van der Waals surface area contributed by atoms with Crippen molar-refractivity contribution in [2.75, 3.05) is 13.2 Å². The van der Waals surface area contributed by atoms with E-state index < -0.39 is 0 Å². The van der Waals surface area contributed by atoms with Crippen LogP contribution in [0.15, 0.2) is 0 Å². The Morgan fingerprint density at radius 3 is 1.54 bits per heavy atom. The summed E-state index contributed by atoms with van der Waals surface area (Å²) in [5.41, 5.74) is 0. The zero-order valence-electron chi connectivity index (χ0n) is 25.8. The number of ether oxygens (including phenoxy) is 2. The van der Waals surface area contributed by atoms with Gasteiger partial charge in [-0.2, -0.15) is 0 Å². The summed E-state index contributed by atoms with van der Waals surface area (Å²) in [7, 11) is 0. The van der Waals surface area contributed by atoms with Gasteiger partial charge < -0.3 is 9.47 Å². The van der Waals surface area contributed by atoms with Crippen molar-refractivity contribution in [3.8, 4) is 0 Å². The van der Waals surface area contributed by atoms with Gasteiger partial charge in [-0.1, -0.05) is 125 Å². The van der Waals surface area contributed by atoms with Crippen molar-refractivity contribution >= 4 is 11.9 Å². The lowest BCUT2D eigenvalue weighted by molar-refractivity contribution is -0.152. The van der Waals surface area contributed by atoms with Crippen LogP contribution in [-0.2, 0) is 19.1 Å². The third kappa shape index (κ3) is 18.8. The summed E-state index contributed by atoms with van der Waals surface area (Å²) in [5, 5.41) is 0. The lowest BCUT2D eigenvalue weighted by Crippen LogP contribution is -2.27. The van der Waals surface area contributed by atoms with Gasteiger partial charge >= 0.3 is 11.9 Å². The molecule has 0 aliphatic rings. The molecule has 0 aliphatic carbocycles. The molecule has 0 saturated carbocycles. The first-order chi connectivity index (χ1) is 18.0. The number of unbranched alkanes of at least 4 members (excludes halogenated alkanes) is 8. The van der Waals surface area contributed by atoms with Crippen molar-refractivity contribution in [1.29, 1.82) is 0 Å². The van der Waals surface area contributed by atoms with Gasteiger partial charge in [0.2, 0.25) is 0 Å². The van der Waals surface area contributed by atoms with E-state index in [1.807, 2.05) is 0 Å². The van der Waals surface area contributed by atoms with Crippen molar-refractivity contribution in [3.63, 3.8) is 0 Å². The molecule has 4 nitrogen and oxygen atoms in total. The molecule has 0 spiro atoms. The van der Waals surface area contributed by atoms with Crippen LogP contribution in [0.1, 0.15) is 164 Å². The second-order valence-electron chi connectivity index (χ2n) is 11.3. The van der Waals surface area contributed by atoms with Gasteiger partial charge in [0.05, 0.1) is 19.1 Å². The SMILES string of the molecule is CCCCC(CC)COC(=O)CCCCCCCCCC(CC)C(CC)C(=O)OCC(CC)CCCC. The van der Waals surface area contributed by atoms with Gasteiger partial charge in [0, 0.05) is 6.42 Å². The molecule has 0 aromatic carbocycles. The molecule has 0 bridgehead atoms. The molecule has 0 aliphatic heterocycles. The maximum Gasteiger partial charge on any atom is 0.309 e. The zero-order chi connectivity index (χ0) is 27.7. The van der Waals surface area contributed by atoms with Crippen LogP contribution in [0.3, 0.4) is 0 Å². The molecule has 37 heavy (non-hydrogen) atoms. The molecule has 0 aromatic rings. The van der Waals surface area contributed by atoms with Crippen LogP contribution in [0, 0.1) is 23.7 Å². The van der Waals surface area contributed by atoms with E-state index in [1.54, 1.807) is 0 Å². The third-order valence-electron chi connectivity index (χ3n) is 8.32. The molecule has 0 fully saturated rings. The predicted octanol–water partition coefficient (Wildman–Crippen LogP) is 10.1. The van der Waals surface area contributed by atoms with Crippen LogP contribution in [0.25, 0.3) is 0 Å². The number of esters is 2. The first kappa shape index (κ1) is 35.9.